The van der Waals surface area contributed by atoms with Crippen molar-refractivity contribution in [3.8, 4) is 0 Å². The van der Waals surface area contributed by atoms with Crippen molar-refractivity contribution in [3.63, 3.8) is 0 Å². The average Bonchev–Trinajstić information content (AvgIpc) is 2.74. The number of carbonyl (C=O) groups is 1. The maximum atomic E-state index is 12.8. The number of aliphatic hydroxyl groups is 2. The zero-order valence-corrected chi connectivity index (χ0v) is 22.5. The van der Waals surface area contributed by atoms with Crippen molar-refractivity contribution in [2.45, 2.75) is 112 Å². The molecule has 0 aromatic rings. The predicted molar refractivity (Wildman–Crippen MR) is 134 cm³/mol. The quantitative estimate of drug-likeness (QED) is 0.405. The van der Waals surface area contributed by atoms with E-state index < -0.39 is 17.0 Å². The van der Waals surface area contributed by atoms with E-state index in [1.165, 1.54) is 0 Å². The zero-order valence-electron chi connectivity index (χ0n) is 22.5. The maximum absolute atomic E-state index is 12.8. The molecule has 0 bridgehead atoms. The van der Waals surface area contributed by atoms with Gasteiger partial charge in [-0.3, -0.25) is 4.79 Å². The summed E-state index contributed by atoms with van der Waals surface area (Å²) < 4.78 is 0. The molecule has 0 amide bonds. The van der Waals surface area contributed by atoms with Gasteiger partial charge in [0.15, 0.2) is 0 Å². The number of aliphatic carboxylic acids is 1. The first kappa shape index (κ1) is 24.8. The molecule has 4 fully saturated rings. The van der Waals surface area contributed by atoms with Crippen LogP contribution < -0.4 is 0 Å². The Bertz CT molecular complexity index is 905. The number of carboxylic acid groups (broad SMARTS) is 1. The summed E-state index contributed by atoms with van der Waals surface area (Å²) in [5, 5.41) is 32.6. The fourth-order valence-electron chi connectivity index (χ4n) is 11.1. The van der Waals surface area contributed by atoms with E-state index in [1.54, 1.807) is 6.08 Å². The van der Waals surface area contributed by atoms with Gasteiger partial charge in [0.1, 0.15) is 0 Å². The van der Waals surface area contributed by atoms with E-state index in [-0.39, 0.29) is 39.6 Å². The molecule has 0 unspecified atom stereocenters. The Balaban J connectivity index is 1.58. The average molecular weight is 473 g/mol. The van der Waals surface area contributed by atoms with Crippen LogP contribution in [0.5, 0.6) is 0 Å². The molecule has 11 atom stereocenters. The molecule has 0 spiro atoms. The fraction of sp³-hybridized carbons (Fsp3) is 0.900. The van der Waals surface area contributed by atoms with Crippen molar-refractivity contribution in [3.05, 3.63) is 12.2 Å². The zero-order chi connectivity index (χ0) is 25.1. The molecule has 192 valence electrons. The van der Waals surface area contributed by atoms with Crippen molar-refractivity contribution in [2.24, 2.45) is 56.7 Å². The van der Waals surface area contributed by atoms with Crippen LogP contribution in [0.4, 0.5) is 0 Å². The van der Waals surface area contributed by atoms with E-state index in [2.05, 4.69) is 41.5 Å². The molecule has 0 heterocycles. The van der Waals surface area contributed by atoms with Gasteiger partial charge >= 0.3 is 5.97 Å². The highest BCUT2D eigenvalue weighted by Crippen LogP contribution is 2.76. The van der Waals surface area contributed by atoms with Gasteiger partial charge in [-0.2, -0.15) is 0 Å². The SMILES string of the molecule is C[C@@H]1[C@H]2[C@@H]3CC[C@@H]4[C@@]5(C)CC[C@H](O)C(C)(C)[C@@H]5CC[C@@]4(C)[C@]3(C)CC[C@@]2(C(=O)O)C=C[C@]1(C)O. The second-order valence-corrected chi connectivity index (χ2v) is 14.8. The summed E-state index contributed by atoms with van der Waals surface area (Å²) in [7, 11) is 0. The Kier molecular flexibility index (Phi) is 5.20. The normalized spacial score (nSPS) is 58.1. The summed E-state index contributed by atoms with van der Waals surface area (Å²) in [5.41, 5.74) is -1.45. The third kappa shape index (κ3) is 2.76. The van der Waals surface area contributed by atoms with Crippen LogP contribution in [0.15, 0.2) is 12.2 Å². The predicted octanol–water partition coefficient (Wildman–Crippen LogP) is 6.06. The van der Waals surface area contributed by atoms with Crippen molar-refractivity contribution >= 4 is 5.97 Å². The maximum Gasteiger partial charge on any atom is 0.313 e. The summed E-state index contributed by atoms with van der Waals surface area (Å²) in [5.74, 6) is 0.585. The lowest BCUT2D eigenvalue weighted by atomic mass is 9.31. The van der Waals surface area contributed by atoms with Gasteiger partial charge in [-0.25, -0.2) is 0 Å². The molecule has 3 N–H and O–H groups in total. The highest BCUT2D eigenvalue weighted by molar-refractivity contribution is 5.78. The van der Waals surface area contributed by atoms with E-state index >= 15 is 0 Å². The minimum absolute atomic E-state index is 0.0447. The number of aliphatic hydroxyl groups excluding tert-OH is 1. The lowest BCUT2D eigenvalue weighted by Crippen LogP contribution is -2.68. The van der Waals surface area contributed by atoms with Crippen LogP contribution in [0, 0.1) is 56.7 Å². The van der Waals surface area contributed by atoms with Crippen molar-refractivity contribution < 1.29 is 20.1 Å². The molecule has 34 heavy (non-hydrogen) atoms. The van der Waals surface area contributed by atoms with Crippen LogP contribution >= 0.6 is 0 Å². The minimum Gasteiger partial charge on any atom is -0.481 e. The smallest absolute Gasteiger partial charge is 0.313 e. The first-order valence-electron chi connectivity index (χ1n) is 13.9. The van der Waals surface area contributed by atoms with Gasteiger partial charge in [0.2, 0.25) is 0 Å². The molecule has 4 nitrogen and oxygen atoms in total. The van der Waals surface area contributed by atoms with Gasteiger partial charge in [-0.15, -0.1) is 0 Å². The number of fused-ring (bicyclic) bond motifs is 7. The summed E-state index contributed by atoms with van der Waals surface area (Å²) in [6.07, 6.45) is 11.5. The van der Waals surface area contributed by atoms with Gasteiger partial charge in [0.05, 0.1) is 17.1 Å². The van der Waals surface area contributed by atoms with E-state index in [4.69, 9.17) is 0 Å². The van der Waals surface area contributed by atoms with Gasteiger partial charge < -0.3 is 15.3 Å². The number of hydrogen-bond acceptors (Lipinski definition) is 3. The molecular weight excluding hydrogens is 424 g/mol. The van der Waals surface area contributed by atoms with E-state index in [1.807, 2.05) is 13.0 Å². The van der Waals surface area contributed by atoms with Crippen molar-refractivity contribution in [2.75, 3.05) is 0 Å². The van der Waals surface area contributed by atoms with Gasteiger partial charge in [0, 0.05) is 0 Å². The Labute approximate surface area is 206 Å². The van der Waals surface area contributed by atoms with Crippen LogP contribution in [-0.4, -0.2) is 33.0 Å². The lowest BCUT2D eigenvalue weighted by Gasteiger charge is -2.73. The first-order chi connectivity index (χ1) is 15.6. The molecule has 5 aliphatic rings. The van der Waals surface area contributed by atoms with Crippen LogP contribution in [0.25, 0.3) is 0 Å². The minimum atomic E-state index is -0.965. The molecule has 0 aromatic heterocycles. The summed E-state index contributed by atoms with van der Waals surface area (Å²) in [4.78, 5) is 12.8. The van der Waals surface area contributed by atoms with Crippen LogP contribution in [-0.2, 0) is 4.79 Å². The van der Waals surface area contributed by atoms with Crippen molar-refractivity contribution in [1.82, 2.24) is 0 Å². The molecule has 4 saturated carbocycles. The molecular formula is C30H48O4. The highest BCUT2D eigenvalue weighted by atomic mass is 16.4. The fourth-order valence-corrected chi connectivity index (χ4v) is 11.1. The summed E-state index contributed by atoms with van der Waals surface area (Å²) >= 11 is 0. The topological polar surface area (TPSA) is 77.8 Å². The summed E-state index contributed by atoms with van der Waals surface area (Å²) in [6, 6.07) is 0. The first-order valence-corrected chi connectivity index (χ1v) is 13.9. The summed E-state index contributed by atoms with van der Waals surface area (Å²) in [6.45, 7) is 16.1. The largest absolute Gasteiger partial charge is 0.481 e. The van der Waals surface area contributed by atoms with E-state index in [0.717, 1.165) is 44.9 Å². The van der Waals surface area contributed by atoms with Crippen LogP contribution in [0.3, 0.4) is 0 Å². The number of hydrogen-bond donors (Lipinski definition) is 3. The number of carboxylic acids is 1. The van der Waals surface area contributed by atoms with Gasteiger partial charge in [-0.05, 0) is 110 Å². The van der Waals surface area contributed by atoms with Gasteiger partial charge in [0.25, 0.3) is 0 Å². The molecule has 0 radical (unpaired) electrons. The molecule has 0 aromatic carbocycles. The monoisotopic (exact) mass is 472 g/mol. The molecule has 0 saturated heterocycles. The molecule has 0 aliphatic heterocycles. The molecule has 4 heteroatoms. The number of rotatable bonds is 1. The lowest BCUT2D eigenvalue weighted by molar-refractivity contribution is -0.254. The Morgan fingerprint density at radius 3 is 2.15 bits per heavy atom. The Morgan fingerprint density at radius 1 is 0.824 bits per heavy atom. The van der Waals surface area contributed by atoms with E-state index in [9.17, 15) is 20.1 Å². The third-order valence-electron chi connectivity index (χ3n) is 13.6. The standard InChI is InChI=1S/C30H48O4/c1-18-23-19-8-9-21-26(4)12-11-22(31)25(2,3)20(26)10-13-28(21,6)27(19,5)14-16-30(23,24(32)33)17-15-29(18,7)34/h15,17-23,31,34H,8-14,16H2,1-7H3,(H,32,33)/t18-,19+,20+,21-,22+,23+,26+,27-,28-,29+,30-/m1/s1. The Morgan fingerprint density at radius 2 is 1.50 bits per heavy atom. The second-order valence-electron chi connectivity index (χ2n) is 14.8. The molecule has 5 aliphatic carbocycles. The Hall–Kier alpha value is -0.870. The second kappa shape index (κ2) is 7.12. The van der Waals surface area contributed by atoms with E-state index in [0.29, 0.717) is 24.2 Å². The van der Waals surface area contributed by atoms with Crippen molar-refractivity contribution in [1.29, 1.82) is 0 Å². The van der Waals surface area contributed by atoms with Crippen LogP contribution in [0.1, 0.15) is 99.8 Å². The molecule has 5 rings (SSSR count). The van der Waals surface area contributed by atoms with Crippen LogP contribution in [0.2, 0.25) is 0 Å². The van der Waals surface area contributed by atoms with Gasteiger partial charge in [-0.1, -0.05) is 53.7 Å². The highest BCUT2D eigenvalue weighted by Gasteiger charge is 2.71. The third-order valence-corrected chi connectivity index (χ3v) is 13.6.